The van der Waals surface area contributed by atoms with Gasteiger partial charge in [-0.2, -0.15) is 0 Å². The molecule has 1 aliphatic rings. The molecular weight excluding hydrogens is 407 g/mol. The Morgan fingerprint density at radius 1 is 1.09 bits per heavy atom. The summed E-state index contributed by atoms with van der Waals surface area (Å²) in [6, 6.07) is 17.3. The van der Waals surface area contributed by atoms with Crippen molar-refractivity contribution in [1.82, 2.24) is 4.90 Å². The summed E-state index contributed by atoms with van der Waals surface area (Å²) in [5.74, 6) is -0.101. The Labute approximate surface area is 186 Å². The van der Waals surface area contributed by atoms with Crippen molar-refractivity contribution in [3.63, 3.8) is 0 Å². The third-order valence-corrected chi connectivity index (χ3v) is 5.58. The van der Waals surface area contributed by atoms with Crippen LogP contribution in [-0.4, -0.2) is 29.9 Å². The Balaban J connectivity index is 1.42. The van der Waals surface area contributed by atoms with Crippen molar-refractivity contribution >= 4 is 17.5 Å². The topological polar surface area (TPSA) is 58.6 Å². The van der Waals surface area contributed by atoms with Crippen LogP contribution in [0.5, 0.6) is 5.75 Å². The molecule has 0 spiro atoms. The third-order valence-electron chi connectivity index (χ3n) is 5.58. The maximum Gasteiger partial charge on any atom is 0.262 e. The SMILES string of the molecule is Cc1ccc(NC(=O)COc2cccc3c2CCN(Cc2ccc(F)cc2)C3=O)c(C)c1. The Bertz CT molecular complexity index is 1160. The number of hydrogen-bond acceptors (Lipinski definition) is 3. The number of hydrogen-bond donors (Lipinski definition) is 1. The van der Waals surface area contributed by atoms with Crippen molar-refractivity contribution in [3.8, 4) is 5.75 Å². The largest absolute Gasteiger partial charge is 0.483 e. The van der Waals surface area contributed by atoms with Crippen molar-refractivity contribution in [2.45, 2.75) is 26.8 Å². The van der Waals surface area contributed by atoms with Crippen LogP contribution in [0.4, 0.5) is 10.1 Å². The van der Waals surface area contributed by atoms with Gasteiger partial charge in [0.25, 0.3) is 11.8 Å². The summed E-state index contributed by atoms with van der Waals surface area (Å²) in [6.07, 6.45) is 0.622. The van der Waals surface area contributed by atoms with Gasteiger partial charge in [-0.1, -0.05) is 35.9 Å². The number of nitrogens with one attached hydrogen (secondary N) is 1. The first-order chi connectivity index (χ1) is 15.4. The van der Waals surface area contributed by atoms with Gasteiger partial charge in [0.1, 0.15) is 11.6 Å². The molecule has 0 saturated carbocycles. The van der Waals surface area contributed by atoms with E-state index in [2.05, 4.69) is 5.32 Å². The van der Waals surface area contributed by atoms with Crippen LogP contribution in [0.2, 0.25) is 0 Å². The van der Waals surface area contributed by atoms with Gasteiger partial charge in [-0.25, -0.2) is 4.39 Å². The zero-order valence-electron chi connectivity index (χ0n) is 18.2. The molecule has 1 aliphatic heterocycles. The molecule has 0 saturated heterocycles. The van der Waals surface area contributed by atoms with Crippen LogP contribution in [0, 0.1) is 19.7 Å². The Hall–Kier alpha value is -3.67. The number of carbonyl (C=O) groups excluding carboxylic acids is 2. The maximum absolute atomic E-state index is 13.1. The minimum atomic E-state index is -0.299. The van der Waals surface area contributed by atoms with E-state index in [-0.39, 0.29) is 24.2 Å². The fourth-order valence-electron chi connectivity index (χ4n) is 3.92. The van der Waals surface area contributed by atoms with Gasteiger partial charge in [-0.15, -0.1) is 0 Å². The van der Waals surface area contributed by atoms with Gasteiger partial charge in [0.05, 0.1) is 0 Å². The number of benzene rings is 3. The van der Waals surface area contributed by atoms with E-state index in [0.717, 1.165) is 27.9 Å². The second-order valence-corrected chi connectivity index (χ2v) is 8.04. The summed E-state index contributed by atoms with van der Waals surface area (Å²) in [5, 5.41) is 2.87. The molecule has 0 unspecified atom stereocenters. The highest BCUT2D eigenvalue weighted by Crippen LogP contribution is 2.29. The number of carbonyl (C=O) groups is 2. The third kappa shape index (κ3) is 4.80. The van der Waals surface area contributed by atoms with Gasteiger partial charge >= 0.3 is 0 Å². The Morgan fingerprint density at radius 3 is 2.62 bits per heavy atom. The number of fused-ring (bicyclic) bond motifs is 1. The molecule has 2 amide bonds. The van der Waals surface area contributed by atoms with Crippen LogP contribution in [0.15, 0.2) is 60.7 Å². The van der Waals surface area contributed by atoms with E-state index < -0.39 is 0 Å². The number of halogens is 1. The number of ether oxygens (including phenoxy) is 1. The van der Waals surface area contributed by atoms with Gasteiger partial charge in [-0.3, -0.25) is 9.59 Å². The van der Waals surface area contributed by atoms with E-state index in [9.17, 15) is 14.0 Å². The molecule has 5 nitrogen and oxygen atoms in total. The van der Waals surface area contributed by atoms with E-state index >= 15 is 0 Å². The lowest BCUT2D eigenvalue weighted by Gasteiger charge is -2.29. The molecule has 4 rings (SSSR count). The quantitative estimate of drug-likeness (QED) is 0.616. The van der Waals surface area contributed by atoms with E-state index in [1.807, 2.05) is 32.0 Å². The first-order valence-electron chi connectivity index (χ1n) is 10.6. The molecule has 32 heavy (non-hydrogen) atoms. The molecular formula is C26H25FN2O3. The molecule has 3 aromatic rings. The number of rotatable bonds is 6. The normalized spacial score (nSPS) is 13.0. The Morgan fingerprint density at radius 2 is 1.88 bits per heavy atom. The first-order valence-corrected chi connectivity index (χ1v) is 10.6. The Kier molecular flexibility index (Phi) is 6.21. The van der Waals surface area contributed by atoms with Crippen LogP contribution in [0.1, 0.15) is 32.6 Å². The van der Waals surface area contributed by atoms with Crippen molar-refractivity contribution in [2.75, 3.05) is 18.5 Å². The predicted octanol–water partition coefficient (Wildman–Crippen LogP) is 4.66. The average Bonchev–Trinajstić information content (AvgIpc) is 2.78. The molecule has 0 fully saturated rings. The smallest absolute Gasteiger partial charge is 0.262 e. The first kappa shape index (κ1) is 21.6. The molecule has 3 aromatic carbocycles. The van der Waals surface area contributed by atoms with Crippen LogP contribution < -0.4 is 10.1 Å². The summed E-state index contributed by atoms with van der Waals surface area (Å²) in [7, 11) is 0. The number of nitrogens with zero attached hydrogens (tertiary/aromatic N) is 1. The molecule has 0 radical (unpaired) electrons. The lowest BCUT2D eigenvalue weighted by molar-refractivity contribution is -0.118. The van der Waals surface area contributed by atoms with Crippen LogP contribution in [0.3, 0.4) is 0 Å². The van der Waals surface area contributed by atoms with Gasteiger partial charge in [0, 0.05) is 29.9 Å². The highest BCUT2D eigenvalue weighted by atomic mass is 19.1. The zero-order chi connectivity index (χ0) is 22.7. The molecule has 0 bridgehead atoms. The van der Waals surface area contributed by atoms with Gasteiger partial charge in [0.15, 0.2) is 6.61 Å². The zero-order valence-corrected chi connectivity index (χ0v) is 18.2. The summed E-state index contributed by atoms with van der Waals surface area (Å²) >= 11 is 0. The monoisotopic (exact) mass is 432 g/mol. The summed E-state index contributed by atoms with van der Waals surface area (Å²) in [6.45, 7) is 4.75. The molecule has 1 N–H and O–H groups in total. The molecule has 6 heteroatoms. The molecule has 0 aromatic heterocycles. The standard InChI is InChI=1S/C26H25FN2O3/c1-17-6-11-23(18(2)14-17)28-25(30)16-32-24-5-3-4-22-21(24)12-13-29(26(22)31)15-19-7-9-20(27)10-8-19/h3-11,14H,12-13,15-16H2,1-2H3,(H,28,30). The average molecular weight is 432 g/mol. The van der Waals surface area contributed by atoms with Gasteiger partial charge in [0.2, 0.25) is 0 Å². The number of amides is 2. The second-order valence-electron chi connectivity index (χ2n) is 8.04. The van der Waals surface area contributed by atoms with E-state index in [4.69, 9.17) is 4.74 Å². The van der Waals surface area contributed by atoms with Crippen molar-refractivity contribution in [3.05, 3.63) is 94.3 Å². The van der Waals surface area contributed by atoms with Crippen molar-refractivity contribution < 1.29 is 18.7 Å². The van der Waals surface area contributed by atoms with Crippen LogP contribution in [0.25, 0.3) is 0 Å². The summed E-state index contributed by atoms with van der Waals surface area (Å²) in [4.78, 5) is 27.1. The van der Waals surface area contributed by atoms with E-state index in [1.54, 1.807) is 35.2 Å². The van der Waals surface area contributed by atoms with Crippen molar-refractivity contribution in [2.24, 2.45) is 0 Å². The van der Waals surface area contributed by atoms with Gasteiger partial charge < -0.3 is 15.0 Å². The van der Waals surface area contributed by atoms with Crippen molar-refractivity contribution in [1.29, 1.82) is 0 Å². The molecule has 0 aliphatic carbocycles. The van der Waals surface area contributed by atoms with E-state index in [1.165, 1.54) is 12.1 Å². The maximum atomic E-state index is 13.1. The van der Waals surface area contributed by atoms with Crippen LogP contribution >= 0.6 is 0 Å². The molecule has 164 valence electrons. The highest BCUT2D eigenvalue weighted by molar-refractivity contribution is 5.97. The molecule has 1 heterocycles. The van der Waals surface area contributed by atoms with Crippen LogP contribution in [-0.2, 0) is 17.8 Å². The fraction of sp³-hybridized carbons (Fsp3) is 0.231. The number of aryl methyl sites for hydroxylation is 2. The lowest BCUT2D eigenvalue weighted by Crippen LogP contribution is -2.37. The summed E-state index contributed by atoms with van der Waals surface area (Å²) < 4.78 is 18.9. The minimum absolute atomic E-state index is 0.0965. The number of anilines is 1. The minimum Gasteiger partial charge on any atom is -0.483 e. The van der Waals surface area contributed by atoms with E-state index in [0.29, 0.717) is 30.8 Å². The fourth-order valence-corrected chi connectivity index (χ4v) is 3.92. The molecule has 0 atom stereocenters. The predicted molar refractivity (Wildman–Crippen MR) is 121 cm³/mol. The lowest BCUT2D eigenvalue weighted by atomic mass is 9.97. The highest BCUT2D eigenvalue weighted by Gasteiger charge is 2.27. The summed E-state index contributed by atoms with van der Waals surface area (Å²) in [5.41, 5.74) is 5.13. The second kappa shape index (κ2) is 9.22. The van der Waals surface area contributed by atoms with Gasteiger partial charge in [-0.05, 0) is 61.7 Å².